The first kappa shape index (κ1) is 15.8. The molecule has 2 atom stereocenters. The summed E-state index contributed by atoms with van der Waals surface area (Å²) >= 11 is 5.68. The molecule has 1 saturated heterocycles. The third kappa shape index (κ3) is 3.96. The predicted octanol–water partition coefficient (Wildman–Crippen LogP) is 1.05. The molecule has 1 aliphatic rings. The maximum atomic E-state index is 13.4. The van der Waals surface area contributed by atoms with E-state index in [1.165, 1.54) is 0 Å². The van der Waals surface area contributed by atoms with Gasteiger partial charge in [-0.3, -0.25) is 14.4 Å². The molecule has 1 aromatic heterocycles. The lowest BCUT2D eigenvalue weighted by Gasteiger charge is -2.12. The molecule has 2 rings (SSSR count). The highest BCUT2D eigenvalue weighted by molar-refractivity contribution is 6.20. The van der Waals surface area contributed by atoms with E-state index in [4.69, 9.17) is 16.4 Å². The Labute approximate surface area is 121 Å². The van der Waals surface area contributed by atoms with Crippen LogP contribution in [0.2, 0.25) is 0 Å². The lowest BCUT2D eigenvalue weighted by atomic mass is 10.2. The van der Waals surface area contributed by atoms with Gasteiger partial charge in [0, 0.05) is 18.7 Å². The van der Waals surface area contributed by atoms with Crippen LogP contribution in [0.5, 0.6) is 0 Å². The van der Waals surface area contributed by atoms with E-state index in [0.29, 0.717) is 4.57 Å². The highest BCUT2D eigenvalue weighted by Gasteiger charge is 2.30. The molecular formula is C11H11ClF3N3O3. The van der Waals surface area contributed by atoms with Gasteiger partial charge >= 0.3 is 0 Å². The normalized spacial score (nSPS) is 21.8. The van der Waals surface area contributed by atoms with Crippen molar-refractivity contribution < 1.29 is 22.8 Å². The Morgan fingerprint density at radius 2 is 2.33 bits per heavy atom. The van der Waals surface area contributed by atoms with E-state index in [2.05, 4.69) is 10.8 Å². The molecular weight excluding hydrogens is 315 g/mol. The fraction of sp³-hybridized carbons (Fsp3) is 0.455. The lowest BCUT2D eigenvalue weighted by molar-refractivity contribution is -0.127. The molecule has 6 nitrogen and oxygen atoms in total. The van der Waals surface area contributed by atoms with E-state index >= 15 is 0 Å². The Morgan fingerprint density at radius 3 is 2.90 bits per heavy atom. The van der Waals surface area contributed by atoms with Crippen molar-refractivity contribution in [3.8, 4) is 0 Å². The van der Waals surface area contributed by atoms with Crippen LogP contribution in [0, 0.1) is 5.82 Å². The minimum Gasteiger partial charge on any atom is -0.322 e. The quantitative estimate of drug-likeness (QED) is 0.641. The number of carbonyl (C=O) groups is 1. The van der Waals surface area contributed by atoms with Gasteiger partial charge in [0.15, 0.2) is 11.9 Å². The van der Waals surface area contributed by atoms with E-state index in [1.807, 2.05) is 0 Å². The maximum Gasteiger partial charge on any atom is 0.286 e. The lowest BCUT2D eigenvalue weighted by Crippen LogP contribution is -2.30. The Bertz CT molecular complexity index is 596. The molecule has 1 aromatic rings. The van der Waals surface area contributed by atoms with Crippen LogP contribution in [0.25, 0.3) is 0 Å². The number of hydroxylamine groups is 1. The van der Waals surface area contributed by atoms with Crippen molar-refractivity contribution >= 4 is 23.2 Å². The molecule has 2 N–H and O–H groups in total. The molecule has 1 aliphatic heterocycles. The maximum absolute atomic E-state index is 13.4. The van der Waals surface area contributed by atoms with Crippen LogP contribution in [0.4, 0.5) is 18.9 Å². The first-order valence-corrected chi connectivity index (χ1v) is 6.34. The summed E-state index contributed by atoms with van der Waals surface area (Å²) in [4.78, 5) is 28.0. The van der Waals surface area contributed by atoms with Crippen molar-refractivity contribution in [3.05, 3.63) is 28.4 Å². The summed E-state index contributed by atoms with van der Waals surface area (Å²) in [6, 6.07) is 0.753. The fourth-order valence-corrected chi connectivity index (χ4v) is 1.99. The zero-order chi connectivity index (χ0) is 15.6. The number of alkyl halides is 3. The molecule has 10 heteroatoms. The summed E-state index contributed by atoms with van der Waals surface area (Å²) in [5.74, 6) is -1.87. The van der Waals surface area contributed by atoms with E-state index in [9.17, 15) is 22.8 Å². The van der Waals surface area contributed by atoms with E-state index in [0.717, 1.165) is 12.3 Å². The van der Waals surface area contributed by atoms with Crippen molar-refractivity contribution in [2.45, 2.75) is 31.0 Å². The minimum atomic E-state index is -2.83. The second-order valence-corrected chi connectivity index (χ2v) is 4.87. The molecule has 2 unspecified atom stereocenters. The number of hydrogen-bond acceptors (Lipinski definition) is 4. The molecule has 0 spiro atoms. The second kappa shape index (κ2) is 6.46. The largest absolute Gasteiger partial charge is 0.322 e. The van der Waals surface area contributed by atoms with E-state index < -0.39 is 41.9 Å². The van der Waals surface area contributed by atoms with Gasteiger partial charge in [-0.15, -0.1) is 11.6 Å². The summed E-state index contributed by atoms with van der Waals surface area (Å²) < 4.78 is 38.5. The van der Waals surface area contributed by atoms with Crippen LogP contribution in [-0.2, 0) is 16.2 Å². The zero-order valence-electron chi connectivity index (χ0n) is 10.5. The summed E-state index contributed by atoms with van der Waals surface area (Å²) in [7, 11) is 0. The molecule has 1 fully saturated rings. The fourth-order valence-electron chi connectivity index (χ4n) is 1.78. The van der Waals surface area contributed by atoms with Crippen molar-refractivity contribution in [2.75, 3.05) is 5.32 Å². The second-order valence-electron chi connectivity index (χ2n) is 4.34. The number of nitrogens with zero attached hydrogens (tertiary/aromatic N) is 1. The van der Waals surface area contributed by atoms with Crippen molar-refractivity contribution in [1.29, 1.82) is 0 Å². The standard InChI is InChI=1S/C11H11ClF3N3O3/c12-8-2-7(21-17-8)10(19)16-5-1-6(13)11(20)18(3-5)4-9(14)15/h1,3,7-9,17H,2,4H2,(H,16,19). The number of halogens is 4. The summed E-state index contributed by atoms with van der Waals surface area (Å²) in [5, 5.41) is 2.28. The van der Waals surface area contributed by atoms with Gasteiger partial charge in [-0.2, -0.15) is 5.48 Å². The topological polar surface area (TPSA) is 72.4 Å². The first-order chi connectivity index (χ1) is 9.86. The molecule has 21 heavy (non-hydrogen) atoms. The van der Waals surface area contributed by atoms with Gasteiger partial charge in [-0.25, -0.2) is 13.2 Å². The average molecular weight is 326 g/mol. The Kier molecular flexibility index (Phi) is 4.86. The highest BCUT2D eigenvalue weighted by Crippen LogP contribution is 2.16. The highest BCUT2D eigenvalue weighted by atomic mass is 35.5. The van der Waals surface area contributed by atoms with E-state index in [-0.39, 0.29) is 12.1 Å². The van der Waals surface area contributed by atoms with Gasteiger partial charge in [0.25, 0.3) is 17.9 Å². The van der Waals surface area contributed by atoms with Gasteiger partial charge < -0.3 is 9.88 Å². The number of pyridine rings is 1. The molecule has 0 saturated carbocycles. The minimum absolute atomic E-state index is 0.126. The number of aromatic nitrogens is 1. The van der Waals surface area contributed by atoms with Gasteiger partial charge in [0.2, 0.25) is 0 Å². The molecule has 0 radical (unpaired) electrons. The predicted molar refractivity (Wildman–Crippen MR) is 67.6 cm³/mol. The number of amides is 1. The first-order valence-electron chi connectivity index (χ1n) is 5.91. The molecule has 0 aliphatic carbocycles. The van der Waals surface area contributed by atoms with Crippen LogP contribution < -0.4 is 16.4 Å². The molecule has 2 heterocycles. The number of hydrogen-bond donors (Lipinski definition) is 2. The van der Waals surface area contributed by atoms with Gasteiger partial charge in [0.1, 0.15) is 5.50 Å². The number of anilines is 1. The Balaban J connectivity index is 2.14. The Morgan fingerprint density at radius 1 is 1.62 bits per heavy atom. The average Bonchev–Trinajstić information content (AvgIpc) is 2.81. The van der Waals surface area contributed by atoms with Crippen LogP contribution >= 0.6 is 11.6 Å². The Hall–Kier alpha value is -1.58. The van der Waals surface area contributed by atoms with Crippen LogP contribution in [0.1, 0.15) is 6.42 Å². The van der Waals surface area contributed by atoms with Gasteiger partial charge in [-0.1, -0.05) is 0 Å². The molecule has 1 amide bonds. The van der Waals surface area contributed by atoms with Crippen LogP contribution in [0.3, 0.4) is 0 Å². The smallest absolute Gasteiger partial charge is 0.286 e. The van der Waals surface area contributed by atoms with Gasteiger partial charge in [0.05, 0.1) is 12.2 Å². The summed E-state index contributed by atoms with van der Waals surface area (Å²) in [6.07, 6.45) is -2.60. The van der Waals surface area contributed by atoms with Gasteiger partial charge in [-0.05, 0) is 0 Å². The van der Waals surface area contributed by atoms with Crippen LogP contribution in [-0.4, -0.2) is 28.5 Å². The van der Waals surface area contributed by atoms with Crippen molar-refractivity contribution in [2.24, 2.45) is 0 Å². The summed E-state index contributed by atoms with van der Waals surface area (Å²) in [6.45, 7) is -0.968. The SMILES string of the molecule is O=C(Nc1cc(F)c(=O)n(CC(F)F)c1)C1CC(Cl)NO1. The molecule has 116 valence electrons. The summed E-state index contributed by atoms with van der Waals surface area (Å²) in [5.41, 5.74) is 0.521. The van der Waals surface area contributed by atoms with E-state index in [1.54, 1.807) is 0 Å². The van der Waals surface area contributed by atoms with Crippen molar-refractivity contribution in [1.82, 2.24) is 10.0 Å². The zero-order valence-corrected chi connectivity index (χ0v) is 11.2. The van der Waals surface area contributed by atoms with Crippen LogP contribution in [0.15, 0.2) is 17.1 Å². The number of nitrogens with one attached hydrogen (secondary N) is 2. The monoisotopic (exact) mass is 325 g/mol. The third-order valence-electron chi connectivity index (χ3n) is 2.70. The molecule has 0 bridgehead atoms. The number of carbonyl (C=O) groups excluding carboxylic acids is 1. The third-order valence-corrected chi connectivity index (χ3v) is 2.96. The van der Waals surface area contributed by atoms with Crippen molar-refractivity contribution in [3.63, 3.8) is 0 Å². The molecule has 0 aromatic carbocycles. The number of rotatable bonds is 4.